The van der Waals surface area contributed by atoms with Gasteiger partial charge in [-0.05, 0) is 18.2 Å². The third-order valence-corrected chi connectivity index (χ3v) is 3.38. The number of hydrogen-bond acceptors (Lipinski definition) is 4. The van der Waals surface area contributed by atoms with Gasteiger partial charge in [0.1, 0.15) is 0 Å². The van der Waals surface area contributed by atoms with Crippen LogP contribution in [0.2, 0.25) is 0 Å². The molecule has 0 aliphatic carbocycles. The van der Waals surface area contributed by atoms with E-state index in [1.54, 1.807) is 7.05 Å². The fourth-order valence-electron chi connectivity index (χ4n) is 1.33. The summed E-state index contributed by atoms with van der Waals surface area (Å²) in [6, 6.07) is 3.98. The van der Waals surface area contributed by atoms with Gasteiger partial charge in [0, 0.05) is 17.7 Å². The Kier molecular flexibility index (Phi) is 2.13. The van der Waals surface area contributed by atoms with Gasteiger partial charge in [0.05, 0.1) is 15.8 Å². The molecule has 0 spiro atoms. The molecule has 0 N–H and O–H groups in total. The zero-order chi connectivity index (χ0) is 11.2. The SMILES string of the molecule is Cn1oc(=O)c2cc(S(=O)(=O)Cl)ccc21. The molecule has 0 atom stereocenters. The summed E-state index contributed by atoms with van der Waals surface area (Å²) in [4.78, 5) is 11.1. The summed E-state index contributed by atoms with van der Waals surface area (Å²) >= 11 is 0. The summed E-state index contributed by atoms with van der Waals surface area (Å²) in [6.45, 7) is 0. The molecule has 0 fully saturated rings. The van der Waals surface area contributed by atoms with E-state index < -0.39 is 14.7 Å². The molecule has 15 heavy (non-hydrogen) atoms. The molecule has 0 amide bonds. The first kappa shape index (κ1) is 10.3. The summed E-state index contributed by atoms with van der Waals surface area (Å²) < 4.78 is 28.1. The van der Waals surface area contributed by atoms with Crippen molar-refractivity contribution in [1.82, 2.24) is 4.74 Å². The van der Waals surface area contributed by atoms with E-state index in [0.717, 1.165) is 0 Å². The van der Waals surface area contributed by atoms with Crippen molar-refractivity contribution >= 4 is 30.6 Å². The molecule has 0 aliphatic rings. The second-order valence-electron chi connectivity index (χ2n) is 2.99. The van der Waals surface area contributed by atoms with Crippen LogP contribution in [0.5, 0.6) is 0 Å². The largest absolute Gasteiger partial charge is 0.365 e. The van der Waals surface area contributed by atoms with Gasteiger partial charge in [0.25, 0.3) is 9.05 Å². The van der Waals surface area contributed by atoms with Gasteiger partial charge in [-0.1, -0.05) is 0 Å². The lowest BCUT2D eigenvalue weighted by atomic mass is 10.2. The summed E-state index contributed by atoms with van der Waals surface area (Å²) in [6.07, 6.45) is 0. The maximum atomic E-state index is 11.3. The smallest absolute Gasteiger partial charge is 0.336 e. The van der Waals surface area contributed by atoms with Crippen molar-refractivity contribution in [3.05, 3.63) is 28.6 Å². The minimum atomic E-state index is -3.82. The predicted molar refractivity (Wildman–Crippen MR) is 54.5 cm³/mol. The van der Waals surface area contributed by atoms with E-state index in [9.17, 15) is 13.2 Å². The van der Waals surface area contributed by atoms with Crippen LogP contribution in [0.1, 0.15) is 0 Å². The summed E-state index contributed by atoms with van der Waals surface area (Å²) in [7, 11) is 2.89. The normalized spacial score (nSPS) is 12.1. The predicted octanol–water partition coefficient (Wildman–Crippen LogP) is 1.06. The van der Waals surface area contributed by atoms with Gasteiger partial charge in [0.2, 0.25) is 0 Å². The van der Waals surface area contributed by atoms with E-state index in [1.165, 1.54) is 22.9 Å². The maximum absolute atomic E-state index is 11.3. The first-order chi connectivity index (χ1) is 6.89. The van der Waals surface area contributed by atoms with Crippen molar-refractivity contribution in [3.8, 4) is 0 Å². The lowest BCUT2D eigenvalue weighted by Gasteiger charge is -1.95. The average Bonchev–Trinajstić information content (AvgIpc) is 2.41. The summed E-state index contributed by atoms with van der Waals surface area (Å²) in [5, 5.41) is 0.194. The van der Waals surface area contributed by atoms with E-state index >= 15 is 0 Å². The molecular formula is C8H6ClNO4S. The summed E-state index contributed by atoms with van der Waals surface area (Å²) in [5.74, 6) is 0. The maximum Gasteiger partial charge on any atom is 0.365 e. The van der Waals surface area contributed by atoms with Crippen LogP contribution in [0.25, 0.3) is 10.9 Å². The second-order valence-corrected chi connectivity index (χ2v) is 5.56. The molecule has 2 rings (SSSR count). The van der Waals surface area contributed by atoms with Crippen LogP contribution in [0.15, 0.2) is 32.4 Å². The van der Waals surface area contributed by atoms with Gasteiger partial charge >= 0.3 is 5.63 Å². The van der Waals surface area contributed by atoms with E-state index in [1.807, 2.05) is 0 Å². The third kappa shape index (κ3) is 1.66. The minimum Gasteiger partial charge on any atom is -0.336 e. The highest BCUT2D eigenvalue weighted by atomic mass is 35.7. The number of rotatable bonds is 1. The average molecular weight is 248 g/mol. The second kappa shape index (κ2) is 3.11. The molecule has 1 heterocycles. The van der Waals surface area contributed by atoms with Gasteiger partial charge in [0.15, 0.2) is 0 Å². The number of fused-ring (bicyclic) bond motifs is 1. The molecule has 0 unspecified atom stereocenters. The lowest BCUT2D eigenvalue weighted by Crippen LogP contribution is -1.94. The van der Waals surface area contributed by atoms with Crippen molar-refractivity contribution in [2.24, 2.45) is 7.05 Å². The van der Waals surface area contributed by atoms with Crippen LogP contribution in [0.3, 0.4) is 0 Å². The number of aromatic nitrogens is 1. The number of aryl methyl sites for hydroxylation is 1. The molecule has 0 bridgehead atoms. The fraction of sp³-hybridized carbons (Fsp3) is 0.125. The van der Waals surface area contributed by atoms with Crippen LogP contribution in [0.4, 0.5) is 0 Å². The molecule has 1 aromatic heterocycles. The van der Waals surface area contributed by atoms with Crippen molar-refractivity contribution < 1.29 is 12.9 Å². The molecule has 2 aromatic rings. The molecule has 0 saturated heterocycles. The highest BCUT2D eigenvalue weighted by molar-refractivity contribution is 8.13. The van der Waals surface area contributed by atoms with Gasteiger partial charge in [-0.3, -0.25) is 0 Å². The Morgan fingerprint density at radius 2 is 2.07 bits per heavy atom. The molecular weight excluding hydrogens is 242 g/mol. The Bertz CT molecular complexity index is 682. The standard InChI is InChI=1S/C8H6ClNO4S/c1-10-7-3-2-5(15(9,12)13)4-6(7)8(11)14-10/h2-4H,1H3. The Morgan fingerprint density at radius 3 is 2.67 bits per heavy atom. The van der Waals surface area contributed by atoms with E-state index in [4.69, 9.17) is 15.2 Å². The van der Waals surface area contributed by atoms with Gasteiger partial charge < -0.3 is 4.52 Å². The van der Waals surface area contributed by atoms with Crippen molar-refractivity contribution in [3.63, 3.8) is 0 Å². The number of nitrogens with zero attached hydrogens (tertiary/aromatic N) is 1. The van der Waals surface area contributed by atoms with Crippen LogP contribution in [0, 0.1) is 0 Å². The van der Waals surface area contributed by atoms with E-state index in [0.29, 0.717) is 5.52 Å². The quantitative estimate of drug-likeness (QED) is 0.707. The Balaban J connectivity index is 2.88. The van der Waals surface area contributed by atoms with Crippen LogP contribution in [-0.2, 0) is 16.1 Å². The fourth-order valence-corrected chi connectivity index (χ4v) is 2.10. The molecule has 5 nitrogen and oxygen atoms in total. The number of benzene rings is 1. The van der Waals surface area contributed by atoms with Gasteiger partial charge in [-0.2, -0.15) is 0 Å². The van der Waals surface area contributed by atoms with E-state index in [2.05, 4.69) is 0 Å². The van der Waals surface area contributed by atoms with Crippen molar-refractivity contribution in [1.29, 1.82) is 0 Å². The number of halogens is 1. The van der Waals surface area contributed by atoms with Crippen LogP contribution in [-0.4, -0.2) is 13.2 Å². The lowest BCUT2D eigenvalue weighted by molar-refractivity contribution is 0.296. The molecule has 0 radical (unpaired) electrons. The third-order valence-electron chi connectivity index (χ3n) is 2.03. The first-order valence-corrected chi connectivity index (χ1v) is 6.25. The zero-order valence-corrected chi connectivity index (χ0v) is 9.17. The highest BCUT2D eigenvalue weighted by Gasteiger charge is 2.14. The minimum absolute atomic E-state index is 0.116. The monoisotopic (exact) mass is 247 g/mol. The van der Waals surface area contributed by atoms with Crippen molar-refractivity contribution in [2.75, 3.05) is 0 Å². The molecule has 1 aromatic carbocycles. The Morgan fingerprint density at radius 1 is 1.40 bits per heavy atom. The summed E-state index contributed by atoms with van der Waals surface area (Å²) in [5.41, 5.74) is -0.0706. The Labute approximate surface area is 89.2 Å². The Hall–Kier alpha value is -1.27. The zero-order valence-electron chi connectivity index (χ0n) is 7.60. The number of hydrogen-bond donors (Lipinski definition) is 0. The molecule has 0 aliphatic heterocycles. The topological polar surface area (TPSA) is 69.3 Å². The molecule has 80 valence electrons. The molecule has 0 saturated carbocycles. The molecule has 7 heteroatoms. The van der Waals surface area contributed by atoms with Crippen LogP contribution >= 0.6 is 10.7 Å². The van der Waals surface area contributed by atoms with Gasteiger partial charge in [-0.15, -0.1) is 0 Å². The van der Waals surface area contributed by atoms with Gasteiger partial charge in [-0.25, -0.2) is 18.0 Å². The first-order valence-electron chi connectivity index (χ1n) is 3.94. The van der Waals surface area contributed by atoms with Crippen LogP contribution < -0.4 is 5.63 Å². The van der Waals surface area contributed by atoms with E-state index in [-0.39, 0.29) is 10.3 Å². The highest BCUT2D eigenvalue weighted by Crippen LogP contribution is 2.19. The van der Waals surface area contributed by atoms with Crippen molar-refractivity contribution in [2.45, 2.75) is 4.90 Å².